The van der Waals surface area contributed by atoms with Gasteiger partial charge in [0.2, 0.25) is 0 Å². The average molecular weight is 249 g/mol. The number of carbonyl (C=O) groups is 1. The maximum atomic E-state index is 10.9. The number of hydrogen-bond donors (Lipinski definition) is 1. The monoisotopic (exact) mass is 248 g/mol. The zero-order valence-corrected chi connectivity index (χ0v) is 8.61. The van der Waals surface area contributed by atoms with Crippen molar-refractivity contribution in [3.8, 4) is 5.75 Å². The van der Waals surface area contributed by atoms with Crippen molar-refractivity contribution < 1.29 is 9.90 Å². The van der Waals surface area contributed by atoms with Gasteiger partial charge < -0.3 is 5.11 Å². The Bertz CT molecular complexity index is 336. The number of halogens is 2. The minimum atomic E-state index is -0.117. The van der Waals surface area contributed by atoms with Crippen molar-refractivity contribution in [1.82, 2.24) is 0 Å². The maximum Gasteiger partial charge on any atom is 0.161 e. The topological polar surface area (TPSA) is 37.3 Å². The van der Waals surface area contributed by atoms with Crippen molar-refractivity contribution in [2.45, 2.75) is 6.92 Å². The Balaban J connectivity index is 3.36. The largest absolute Gasteiger partial charge is 0.505 e. The third-order valence-corrected chi connectivity index (χ3v) is 2.55. The van der Waals surface area contributed by atoms with Crippen LogP contribution < -0.4 is 0 Å². The highest BCUT2D eigenvalue weighted by Gasteiger charge is 2.11. The maximum absolute atomic E-state index is 10.9. The average Bonchev–Trinajstić information content (AvgIpc) is 2.00. The molecule has 1 N–H and O–H groups in total. The van der Waals surface area contributed by atoms with Crippen LogP contribution in [-0.4, -0.2) is 10.9 Å². The second-order valence-corrected chi connectivity index (χ2v) is 3.51. The first-order valence-corrected chi connectivity index (χ1v) is 4.39. The second kappa shape index (κ2) is 3.46. The molecule has 0 aliphatic heterocycles. The fourth-order valence-electron chi connectivity index (χ4n) is 0.813. The standard InChI is InChI=1S/C8H6BrClO2/c1-4(11)5-2-3-6(10)8(12)7(5)9/h2-3,12H,1H3. The molecule has 1 aromatic rings. The van der Waals surface area contributed by atoms with Gasteiger partial charge in [0.15, 0.2) is 5.78 Å². The summed E-state index contributed by atoms with van der Waals surface area (Å²) in [5, 5.41) is 9.53. The summed E-state index contributed by atoms with van der Waals surface area (Å²) in [6, 6.07) is 3.05. The highest BCUT2D eigenvalue weighted by atomic mass is 79.9. The van der Waals surface area contributed by atoms with Gasteiger partial charge in [0.25, 0.3) is 0 Å². The van der Waals surface area contributed by atoms with Crippen LogP contribution in [-0.2, 0) is 0 Å². The molecule has 0 radical (unpaired) electrons. The lowest BCUT2D eigenvalue weighted by Gasteiger charge is -2.03. The lowest BCUT2D eigenvalue weighted by atomic mass is 10.1. The predicted octanol–water partition coefficient (Wildman–Crippen LogP) is 3.01. The van der Waals surface area contributed by atoms with Gasteiger partial charge in [-0.15, -0.1) is 0 Å². The highest BCUT2D eigenvalue weighted by molar-refractivity contribution is 9.10. The molecule has 0 fully saturated rings. The molecule has 0 saturated heterocycles. The molecular weight excluding hydrogens is 243 g/mol. The highest BCUT2D eigenvalue weighted by Crippen LogP contribution is 2.34. The first kappa shape index (κ1) is 9.55. The third-order valence-electron chi connectivity index (χ3n) is 1.45. The molecule has 4 heteroatoms. The van der Waals surface area contributed by atoms with E-state index < -0.39 is 0 Å². The van der Waals surface area contributed by atoms with Gasteiger partial charge in [0, 0.05) is 5.56 Å². The van der Waals surface area contributed by atoms with Crippen LogP contribution in [0.25, 0.3) is 0 Å². The van der Waals surface area contributed by atoms with Gasteiger partial charge in [-0.1, -0.05) is 11.6 Å². The zero-order valence-electron chi connectivity index (χ0n) is 6.27. The summed E-state index contributed by atoms with van der Waals surface area (Å²) in [4.78, 5) is 10.9. The van der Waals surface area contributed by atoms with Gasteiger partial charge in [0.1, 0.15) is 5.75 Å². The fraction of sp³-hybridized carbons (Fsp3) is 0.125. The second-order valence-electron chi connectivity index (χ2n) is 2.31. The minimum absolute atomic E-state index is 0.0932. The molecule has 0 aliphatic rings. The molecule has 1 rings (SSSR count). The number of benzene rings is 1. The number of carbonyl (C=O) groups excluding carboxylic acids is 1. The Morgan fingerprint density at radius 1 is 1.58 bits per heavy atom. The van der Waals surface area contributed by atoms with E-state index in [1.165, 1.54) is 13.0 Å². The minimum Gasteiger partial charge on any atom is -0.505 e. The summed E-state index contributed by atoms with van der Waals surface area (Å²) < 4.78 is 0.350. The molecule has 0 aliphatic carbocycles. The van der Waals surface area contributed by atoms with Crippen molar-refractivity contribution in [3.05, 3.63) is 27.2 Å². The quantitative estimate of drug-likeness (QED) is 0.777. The normalized spacial score (nSPS) is 9.92. The predicted molar refractivity (Wildman–Crippen MR) is 50.8 cm³/mol. The fourth-order valence-corrected chi connectivity index (χ4v) is 1.71. The molecule has 0 spiro atoms. The van der Waals surface area contributed by atoms with Gasteiger partial charge in [-0.25, -0.2) is 0 Å². The van der Waals surface area contributed by atoms with Crippen LogP contribution in [0, 0.1) is 0 Å². The van der Waals surface area contributed by atoms with Crippen molar-refractivity contribution in [2.24, 2.45) is 0 Å². The first-order valence-electron chi connectivity index (χ1n) is 3.22. The van der Waals surface area contributed by atoms with E-state index in [-0.39, 0.29) is 16.6 Å². The summed E-state index contributed by atoms with van der Waals surface area (Å²) in [5.41, 5.74) is 0.428. The van der Waals surface area contributed by atoms with E-state index in [1.807, 2.05) is 0 Å². The van der Waals surface area contributed by atoms with E-state index in [0.717, 1.165) is 0 Å². The van der Waals surface area contributed by atoms with E-state index in [9.17, 15) is 9.90 Å². The molecule has 0 saturated carbocycles. The Morgan fingerprint density at radius 2 is 2.17 bits per heavy atom. The van der Waals surface area contributed by atoms with Gasteiger partial charge in [-0.2, -0.15) is 0 Å². The Kier molecular flexibility index (Phi) is 2.75. The number of Topliss-reactive ketones (excluding diaryl/α,β-unsaturated/α-hetero) is 1. The molecule has 0 unspecified atom stereocenters. The lowest BCUT2D eigenvalue weighted by Crippen LogP contribution is -1.93. The summed E-state index contributed by atoms with van der Waals surface area (Å²) >= 11 is 8.68. The first-order chi connectivity index (χ1) is 5.54. The van der Waals surface area contributed by atoms with E-state index in [1.54, 1.807) is 6.07 Å². The van der Waals surface area contributed by atoms with E-state index >= 15 is 0 Å². The number of phenols is 1. The molecule has 64 valence electrons. The number of rotatable bonds is 1. The Labute approximate surface area is 83.3 Å². The summed E-state index contributed by atoms with van der Waals surface area (Å²) in [7, 11) is 0. The smallest absolute Gasteiger partial charge is 0.161 e. The number of phenolic OH excluding ortho intramolecular Hbond substituents is 1. The van der Waals surface area contributed by atoms with Crippen LogP contribution in [0.1, 0.15) is 17.3 Å². The molecule has 0 bridgehead atoms. The molecule has 12 heavy (non-hydrogen) atoms. The molecule has 2 nitrogen and oxygen atoms in total. The van der Waals surface area contributed by atoms with Crippen molar-refractivity contribution in [2.75, 3.05) is 0 Å². The molecule has 0 atom stereocenters. The number of ketones is 1. The van der Waals surface area contributed by atoms with Crippen LogP contribution >= 0.6 is 27.5 Å². The molecule has 0 amide bonds. The van der Waals surface area contributed by atoms with Crippen molar-refractivity contribution in [1.29, 1.82) is 0 Å². The molecule has 1 aromatic carbocycles. The van der Waals surface area contributed by atoms with Crippen molar-refractivity contribution >= 4 is 33.3 Å². The van der Waals surface area contributed by atoms with E-state index in [0.29, 0.717) is 10.0 Å². The number of aromatic hydroxyl groups is 1. The summed E-state index contributed by atoms with van der Waals surface area (Å²) in [6.07, 6.45) is 0. The lowest BCUT2D eigenvalue weighted by molar-refractivity contribution is 0.101. The van der Waals surface area contributed by atoms with E-state index in [4.69, 9.17) is 11.6 Å². The molecule has 0 aromatic heterocycles. The number of hydrogen-bond acceptors (Lipinski definition) is 2. The van der Waals surface area contributed by atoms with Crippen LogP contribution in [0.4, 0.5) is 0 Å². The van der Waals surface area contributed by atoms with Gasteiger partial charge in [0.05, 0.1) is 9.50 Å². The SMILES string of the molecule is CC(=O)c1ccc(Cl)c(O)c1Br. The Morgan fingerprint density at radius 3 is 2.67 bits per heavy atom. The summed E-state index contributed by atoms with van der Waals surface area (Å²) in [6.45, 7) is 1.42. The van der Waals surface area contributed by atoms with Crippen LogP contribution in [0.2, 0.25) is 5.02 Å². The zero-order chi connectivity index (χ0) is 9.30. The van der Waals surface area contributed by atoms with Gasteiger partial charge in [-0.3, -0.25) is 4.79 Å². The Hall–Kier alpha value is -0.540. The summed E-state index contributed by atoms with van der Waals surface area (Å²) in [5.74, 6) is -0.210. The van der Waals surface area contributed by atoms with Crippen molar-refractivity contribution in [3.63, 3.8) is 0 Å². The van der Waals surface area contributed by atoms with Gasteiger partial charge in [-0.05, 0) is 35.0 Å². The van der Waals surface area contributed by atoms with E-state index in [2.05, 4.69) is 15.9 Å². The van der Waals surface area contributed by atoms with Gasteiger partial charge >= 0.3 is 0 Å². The van der Waals surface area contributed by atoms with Crippen LogP contribution in [0.3, 0.4) is 0 Å². The molecule has 0 heterocycles. The third kappa shape index (κ3) is 1.62. The molecular formula is C8H6BrClO2. The van der Waals surface area contributed by atoms with Crippen LogP contribution in [0.15, 0.2) is 16.6 Å². The van der Waals surface area contributed by atoms with Crippen LogP contribution in [0.5, 0.6) is 5.75 Å².